The summed E-state index contributed by atoms with van der Waals surface area (Å²) in [6, 6.07) is 0. The van der Waals surface area contributed by atoms with E-state index < -0.39 is 4.83 Å². The molecular formula is CH4AlO3. The molecule has 0 aliphatic heterocycles. The minimum atomic E-state index is -0.806. The van der Waals surface area contributed by atoms with Gasteiger partial charge < -0.3 is 10.6 Å². The van der Waals surface area contributed by atoms with Crippen molar-refractivity contribution in [2.24, 2.45) is 0 Å². The highest BCUT2D eigenvalue weighted by Crippen LogP contribution is 1.41. The Kier molecular flexibility index (Phi) is 7.04. The molecule has 0 unspecified atom stereocenters. The van der Waals surface area contributed by atoms with E-state index in [0.29, 0.717) is 0 Å². The highest BCUT2D eigenvalue weighted by atomic mass is 27.0. The normalized spacial score (nSPS) is 4.80. The van der Waals surface area contributed by atoms with E-state index in [1.807, 2.05) is 0 Å². The fourth-order valence-corrected chi connectivity index (χ4v) is 0. The van der Waals surface area contributed by atoms with Crippen LogP contribution in [0.2, 0.25) is 0 Å². The summed E-state index contributed by atoms with van der Waals surface area (Å²) in [6.07, 6.45) is 0. The van der Waals surface area contributed by atoms with Crippen molar-refractivity contribution in [3.63, 3.8) is 0 Å². The molecule has 0 aromatic heterocycles. The fourth-order valence-electron chi connectivity index (χ4n) is 0. The predicted octanol–water partition coefficient (Wildman–Crippen LogP) is -1.26. The van der Waals surface area contributed by atoms with Crippen molar-refractivity contribution in [3.05, 3.63) is 0 Å². The summed E-state index contributed by atoms with van der Waals surface area (Å²) in [5, 5.41) is 7.43. The van der Waals surface area contributed by atoms with Gasteiger partial charge in [0.25, 0.3) is 0 Å². The number of hydrogen-bond donors (Lipinski definition) is 1. The molecular weight excluding hydrogens is 87.0 g/mol. The number of rotatable bonds is 0. The van der Waals surface area contributed by atoms with Gasteiger partial charge in [-0.1, -0.05) is 0 Å². The molecule has 0 spiro atoms. The van der Waals surface area contributed by atoms with Gasteiger partial charge in [0.1, 0.15) is 0 Å². The molecule has 0 aromatic rings. The lowest BCUT2D eigenvalue weighted by molar-refractivity contribution is 0.220. The van der Waals surface area contributed by atoms with Gasteiger partial charge in [-0.15, -0.1) is 0 Å². The Balaban J connectivity index is 0. The standard InChI is InChI=1S/CHO2.Al.H2O.H/c2-1-3;;;/h(H,2,3);;1H2;. The van der Waals surface area contributed by atoms with Crippen LogP contribution in [-0.4, -0.2) is 31.7 Å². The molecule has 0 saturated carbocycles. The van der Waals surface area contributed by atoms with Gasteiger partial charge in [0.15, 0.2) is 4.83 Å². The van der Waals surface area contributed by atoms with Gasteiger partial charge in [-0.3, -0.25) is 4.79 Å². The van der Waals surface area contributed by atoms with Gasteiger partial charge in [-0.05, 0) is 0 Å². The van der Waals surface area contributed by atoms with Crippen LogP contribution in [0, 0.1) is 0 Å². The first-order valence-corrected chi connectivity index (χ1v) is 1.49. The van der Waals surface area contributed by atoms with Crippen LogP contribution in [0.5, 0.6) is 0 Å². The van der Waals surface area contributed by atoms with Crippen molar-refractivity contribution >= 4 is 21.1 Å². The zero-order valence-electron chi connectivity index (χ0n) is 2.56. The Morgan fingerprint density at radius 3 is 1.80 bits per heavy atom. The van der Waals surface area contributed by atoms with E-state index in [-0.39, 0.29) is 5.48 Å². The first-order chi connectivity index (χ1) is 1.73. The maximum Gasteiger partial charge on any atom is 0.358 e. The number of hydrogen-bond acceptors (Lipinski definition) is 1. The third kappa shape index (κ3) is 10800. The Morgan fingerprint density at radius 1 is 1.80 bits per heavy atom. The van der Waals surface area contributed by atoms with Crippen LogP contribution in [0.25, 0.3) is 0 Å². The van der Waals surface area contributed by atoms with Crippen molar-refractivity contribution in [3.8, 4) is 0 Å². The second-order valence-electron chi connectivity index (χ2n) is 0.394. The Labute approximate surface area is 37.3 Å². The molecule has 0 bridgehead atoms. The van der Waals surface area contributed by atoms with E-state index in [2.05, 4.69) is 0 Å². The molecule has 0 heterocycles. The molecule has 3 N–H and O–H groups in total. The quantitative estimate of drug-likeness (QED) is 0.378. The average molecular weight is 91.0 g/mol. The summed E-state index contributed by atoms with van der Waals surface area (Å²) in [5.41, 5.74) is 0. The van der Waals surface area contributed by atoms with Gasteiger partial charge in [-0.25, -0.2) is 0 Å². The zero-order chi connectivity index (χ0) is 3.58. The molecule has 0 aromatic carbocycles. The molecule has 0 aliphatic carbocycles. The van der Waals surface area contributed by atoms with Gasteiger partial charge in [0.2, 0.25) is 0 Å². The lowest BCUT2D eigenvalue weighted by atomic mass is 11.6. The van der Waals surface area contributed by atoms with E-state index >= 15 is 0 Å². The van der Waals surface area contributed by atoms with Crippen molar-refractivity contribution < 1.29 is 15.4 Å². The summed E-state index contributed by atoms with van der Waals surface area (Å²) in [5.74, 6) is 0. The molecule has 4 heteroatoms. The molecule has 1 radical (unpaired) electrons. The molecule has 5 heavy (non-hydrogen) atoms. The minimum absolute atomic E-state index is 0. The van der Waals surface area contributed by atoms with Crippen LogP contribution in [0.1, 0.15) is 0 Å². The van der Waals surface area contributed by atoms with Crippen molar-refractivity contribution in [1.82, 2.24) is 0 Å². The first kappa shape index (κ1) is 8.88. The van der Waals surface area contributed by atoms with E-state index in [1.165, 1.54) is 0 Å². The Hall–Kier alpha value is -0.0375. The van der Waals surface area contributed by atoms with Gasteiger partial charge in [0.05, 0.1) is 0 Å². The molecule has 0 rings (SSSR count). The fraction of sp³-hybridized carbons (Fsp3) is 0. The zero-order valence-corrected chi connectivity index (χ0v) is 3.98. The van der Waals surface area contributed by atoms with E-state index in [9.17, 15) is 0 Å². The van der Waals surface area contributed by atoms with Crippen LogP contribution in [-0.2, 0) is 0 Å². The molecule has 0 saturated heterocycles. The van der Waals surface area contributed by atoms with Gasteiger partial charge in [-0.2, -0.15) is 0 Å². The highest BCUT2D eigenvalue weighted by molar-refractivity contribution is 6.54. The lowest BCUT2D eigenvalue weighted by Crippen LogP contribution is -1.83. The largest absolute Gasteiger partial charge is 0.497 e. The van der Waals surface area contributed by atoms with Crippen molar-refractivity contribution in [2.75, 3.05) is 0 Å². The summed E-state index contributed by atoms with van der Waals surface area (Å²) in [6.45, 7) is 0. The van der Waals surface area contributed by atoms with E-state index in [1.54, 1.807) is 0 Å². The summed E-state index contributed by atoms with van der Waals surface area (Å²) < 4.78 is 0. The second-order valence-corrected chi connectivity index (χ2v) is 0.999. The van der Waals surface area contributed by atoms with E-state index in [0.717, 1.165) is 16.3 Å². The SMILES string of the molecule is O.O=[C](O)[AlH]. The number of carbonyl (C=O) groups is 1. The maximum absolute atomic E-state index is 9.01. The minimum Gasteiger partial charge on any atom is -0.497 e. The average Bonchev–Trinajstić information content (AvgIpc) is 0.811. The van der Waals surface area contributed by atoms with Crippen LogP contribution < -0.4 is 0 Å². The van der Waals surface area contributed by atoms with Crippen molar-refractivity contribution in [1.29, 1.82) is 0 Å². The molecule has 0 fully saturated rings. The smallest absolute Gasteiger partial charge is 0.358 e. The third-order valence-electron chi connectivity index (χ3n) is 0. The van der Waals surface area contributed by atoms with Crippen LogP contribution in [0.3, 0.4) is 0 Å². The summed E-state index contributed by atoms with van der Waals surface area (Å²) in [4.78, 5) is 8.21. The van der Waals surface area contributed by atoms with E-state index in [4.69, 9.17) is 9.90 Å². The van der Waals surface area contributed by atoms with Crippen LogP contribution >= 0.6 is 0 Å². The highest BCUT2D eigenvalue weighted by Gasteiger charge is 1.66. The third-order valence-corrected chi connectivity index (χ3v) is 0. The van der Waals surface area contributed by atoms with Gasteiger partial charge >= 0.3 is 16.3 Å². The van der Waals surface area contributed by atoms with Crippen molar-refractivity contribution in [2.45, 2.75) is 0 Å². The topological polar surface area (TPSA) is 68.8 Å². The Morgan fingerprint density at radius 2 is 1.80 bits per heavy atom. The Bertz CT molecular complexity index is 29.9. The molecule has 29 valence electrons. The van der Waals surface area contributed by atoms with Gasteiger partial charge in [0, 0.05) is 0 Å². The van der Waals surface area contributed by atoms with Crippen LogP contribution in [0.15, 0.2) is 0 Å². The molecule has 0 amide bonds. The second kappa shape index (κ2) is 3.96. The lowest BCUT2D eigenvalue weighted by Gasteiger charge is -1.61. The maximum atomic E-state index is 9.01. The molecule has 0 aliphatic rings. The summed E-state index contributed by atoms with van der Waals surface area (Å²) >= 11 is 0.920. The molecule has 0 atom stereocenters. The first-order valence-electron chi connectivity index (χ1n) is 0.781. The summed E-state index contributed by atoms with van der Waals surface area (Å²) in [7, 11) is 0. The molecule has 3 nitrogen and oxygen atoms in total. The van der Waals surface area contributed by atoms with Crippen LogP contribution in [0.4, 0.5) is 4.79 Å². The number of carboxylic acid groups (broad SMARTS) is 1. The monoisotopic (exact) mass is 91.0 g/mol. The predicted molar refractivity (Wildman–Crippen MR) is 18.8 cm³/mol.